The van der Waals surface area contributed by atoms with E-state index in [0.29, 0.717) is 34.8 Å². The molecule has 1 aromatic carbocycles. The summed E-state index contributed by atoms with van der Waals surface area (Å²) in [6.45, 7) is 6.48. The Bertz CT molecular complexity index is 689. The van der Waals surface area contributed by atoms with Crippen LogP contribution in [0.25, 0.3) is 11.3 Å². The lowest BCUT2D eigenvalue weighted by molar-refractivity contribution is -0.385. The van der Waals surface area contributed by atoms with Crippen LogP contribution in [0.1, 0.15) is 29.8 Å². The molecule has 0 amide bonds. The van der Waals surface area contributed by atoms with Crippen LogP contribution in [0.15, 0.2) is 24.4 Å². The predicted octanol–water partition coefficient (Wildman–Crippen LogP) is 3.24. The molecular formula is C15H17N3O3. The SMILES string of the molecule is Cc1ccc(-c2nn(CC(C)C)cc2C=O)cc1[N+](=O)[O-]. The Hall–Kier alpha value is -2.50. The van der Waals surface area contributed by atoms with Gasteiger partial charge in [0, 0.05) is 29.9 Å². The van der Waals surface area contributed by atoms with Crippen molar-refractivity contribution < 1.29 is 9.72 Å². The Labute approximate surface area is 122 Å². The van der Waals surface area contributed by atoms with Gasteiger partial charge in [-0.25, -0.2) is 0 Å². The standard InChI is InChI=1S/C15H17N3O3/c1-10(2)7-17-8-13(9-19)15(16-17)12-5-4-11(3)14(6-12)18(20)21/h4-6,8-10H,7H2,1-3H3. The molecule has 21 heavy (non-hydrogen) atoms. The Balaban J connectivity index is 2.50. The van der Waals surface area contributed by atoms with Crippen molar-refractivity contribution in [3.05, 3.63) is 45.6 Å². The zero-order valence-corrected chi connectivity index (χ0v) is 12.2. The summed E-state index contributed by atoms with van der Waals surface area (Å²) in [5.74, 6) is 0.393. The zero-order valence-electron chi connectivity index (χ0n) is 12.2. The molecule has 1 aromatic heterocycles. The van der Waals surface area contributed by atoms with Crippen molar-refractivity contribution in [2.75, 3.05) is 0 Å². The number of benzene rings is 1. The molecule has 2 rings (SSSR count). The van der Waals surface area contributed by atoms with Crippen molar-refractivity contribution in [2.24, 2.45) is 5.92 Å². The molecule has 1 heterocycles. The highest BCUT2D eigenvalue weighted by molar-refractivity contribution is 5.85. The van der Waals surface area contributed by atoms with Crippen LogP contribution in [0.5, 0.6) is 0 Å². The number of nitro benzene ring substituents is 1. The monoisotopic (exact) mass is 287 g/mol. The molecule has 0 saturated carbocycles. The Morgan fingerprint density at radius 1 is 1.43 bits per heavy atom. The van der Waals surface area contributed by atoms with E-state index in [1.807, 2.05) is 0 Å². The molecule has 0 radical (unpaired) electrons. The van der Waals surface area contributed by atoms with Crippen molar-refractivity contribution in [1.82, 2.24) is 9.78 Å². The van der Waals surface area contributed by atoms with E-state index in [2.05, 4.69) is 18.9 Å². The van der Waals surface area contributed by atoms with Gasteiger partial charge in [0.25, 0.3) is 5.69 Å². The third-order valence-corrected chi connectivity index (χ3v) is 3.15. The summed E-state index contributed by atoms with van der Waals surface area (Å²) in [7, 11) is 0. The fraction of sp³-hybridized carbons (Fsp3) is 0.333. The van der Waals surface area contributed by atoms with E-state index < -0.39 is 4.92 Å². The smallest absolute Gasteiger partial charge is 0.272 e. The third kappa shape index (κ3) is 3.16. The lowest BCUT2D eigenvalue weighted by Gasteiger charge is -2.04. The van der Waals surface area contributed by atoms with Gasteiger partial charge in [0.15, 0.2) is 6.29 Å². The summed E-state index contributed by atoms with van der Waals surface area (Å²) in [6.07, 6.45) is 2.40. The number of rotatable bonds is 5. The first-order valence-corrected chi connectivity index (χ1v) is 6.70. The number of aromatic nitrogens is 2. The van der Waals surface area contributed by atoms with Gasteiger partial charge in [-0.3, -0.25) is 19.6 Å². The lowest BCUT2D eigenvalue weighted by Crippen LogP contribution is -2.04. The van der Waals surface area contributed by atoms with Crippen molar-refractivity contribution >= 4 is 12.0 Å². The Morgan fingerprint density at radius 3 is 2.71 bits per heavy atom. The maximum absolute atomic E-state index is 11.2. The molecule has 0 aliphatic heterocycles. The second-order valence-electron chi connectivity index (χ2n) is 5.43. The predicted molar refractivity (Wildman–Crippen MR) is 79.3 cm³/mol. The number of hydrogen-bond donors (Lipinski definition) is 0. The average molecular weight is 287 g/mol. The van der Waals surface area contributed by atoms with Gasteiger partial charge < -0.3 is 0 Å². The zero-order chi connectivity index (χ0) is 15.6. The minimum atomic E-state index is -0.426. The van der Waals surface area contributed by atoms with Gasteiger partial charge in [-0.1, -0.05) is 26.0 Å². The van der Waals surface area contributed by atoms with Gasteiger partial charge in [0.2, 0.25) is 0 Å². The highest BCUT2D eigenvalue weighted by Gasteiger charge is 2.16. The molecule has 0 N–H and O–H groups in total. The summed E-state index contributed by atoms with van der Waals surface area (Å²) in [4.78, 5) is 21.8. The number of carbonyl (C=O) groups is 1. The second kappa shape index (κ2) is 5.87. The van der Waals surface area contributed by atoms with E-state index >= 15 is 0 Å². The van der Waals surface area contributed by atoms with E-state index in [-0.39, 0.29) is 5.69 Å². The van der Waals surface area contributed by atoms with Gasteiger partial charge in [-0.2, -0.15) is 5.10 Å². The normalized spacial score (nSPS) is 10.9. The van der Waals surface area contributed by atoms with Crippen LogP contribution in [0.3, 0.4) is 0 Å². The number of aryl methyl sites for hydroxylation is 1. The number of aldehydes is 1. The van der Waals surface area contributed by atoms with Crippen LogP contribution in [0.2, 0.25) is 0 Å². The summed E-state index contributed by atoms with van der Waals surface area (Å²) in [5.41, 5.74) is 2.11. The second-order valence-corrected chi connectivity index (χ2v) is 5.43. The molecule has 0 fully saturated rings. The molecule has 0 spiro atoms. The van der Waals surface area contributed by atoms with Gasteiger partial charge in [-0.15, -0.1) is 0 Å². The van der Waals surface area contributed by atoms with Gasteiger partial charge >= 0.3 is 0 Å². The molecule has 6 heteroatoms. The summed E-state index contributed by atoms with van der Waals surface area (Å²) >= 11 is 0. The van der Waals surface area contributed by atoms with Gasteiger partial charge in [0.1, 0.15) is 5.69 Å². The summed E-state index contributed by atoms with van der Waals surface area (Å²) in [6, 6.07) is 4.88. The molecule has 6 nitrogen and oxygen atoms in total. The molecule has 0 unspecified atom stereocenters. The van der Waals surface area contributed by atoms with Crippen molar-refractivity contribution in [3.8, 4) is 11.3 Å². The molecule has 0 aliphatic rings. The van der Waals surface area contributed by atoms with Crippen molar-refractivity contribution in [2.45, 2.75) is 27.3 Å². The largest absolute Gasteiger partial charge is 0.298 e. The first-order valence-electron chi connectivity index (χ1n) is 6.70. The summed E-state index contributed by atoms with van der Waals surface area (Å²) < 4.78 is 1.70. The molecule has 2 aromatic rings. The van der Waals surface area contributed by atoms with Crippen LogP contribution in [0.4, 0.5) is 5.69 Å². The molecule has 110 valence electrons. The first kappa shape index (κ1) is 14.9. The maximum atomic E-state index is 11.2. The van der Waals surface area contributed by atoms with Gasteiger partial charge in [-0.05, 0) is 12.8 Å². The Morgan fingerprint density at radius 2 is 2.14 bits per heavy atom. The van der Waals surface area contributed by atoms with E-state index in [1.54, 1.807) is 29.9 Å². The molecule has 0 aliphatic carbocycles. The fourth-order valence-electron chi connectivity index (χ4n) is 2.17. The molecular weight excluding hydrogens is 270 g/mol. The average Bonchev–Trinajstić information content (AvgIpc) is 2.81. The van der Waals surface area contributed by atoms with Gasteiger partial charge in [0.05, 0.1) is 10.5 Å². The molecule has 0 bridgehead atoms. The highest BCUT2D eigenvalue weighted by Crippen LogP contribution is 2.27. The molecule has 0 atom stereocenters. The van der Waals surface area contributed by atoms with Crippen LogP contribution in [0, 0.1) is 23.0 Å². The van der Waals surface area contributed by atoms with Crippen LogP contribution in [-0.2, 0) is 6.54 Å². The maximum Gasteiger partial charge on any atom is 0.272 e. The topological polar surface area (TPSA) is 78.0 Å². The van der Waals surface area contributed by atoms with Crippen LogP contribution in [-0.4, -0.2) is 21.0 Å². The van der Waals surface area contributed by atoms with E-state index in [1.165, 1.54) is 6.07 Å². The fourth-order valence-corrected chi connectivity index (χ4v) is 2.17. The number of hydrogen-bond acceptors (Lipinski definition) is 4. The number of nitrogens with zero attached hydrogens (tertiary/aromatic N) is 3. The minimum Gasteiger partial charge on any atom is -0.298 e. The third-order valence-electron chi connectivity index (χ3n) is 3.15. The number of nitro groups is 1. The highest BCUT2D eigenvalue weighted by atomic mass is 16.6. The minimum absolute atomic E-state index is 0.0303. The Kier molecular flexibility index (Phi) is 4.16. The lowest BCUT2D eigenvalue weighted by atomic mass is 10.1. The number of carbonyl (C=O) groups excluding carboxylic acids is 1. The van der Waals surface area contributed by atoms with Crippen molar-refractivity contribution in [1.29, 1.82) is 0 Å². The van der Waals surface area contributed by atoms with Crippen LogP contribution >= 0.6 is 0 Å². The van der Waals surface area contributed by atoms with Crippen LogP contribution < -0.4 is 0 Å². The molecule has 0 saturated heterocycles. The first-order chi connectivity index (χ1) is 9.92. The van der Waals surface area contributed by atoms with E-state index in [0.717, 1.165) is 6.29 Å². The van der Waals surface area contributed by atoms with E-state index in [9.17, 15) is 14.9 Å². The van der Waals surface area contributed by atoms with Crippen molar-refractivity contribution in [3.63, 3.8) is 0 Å². The van der Waals surface area contributed by atoms with E-state index in [4.69, 9.17) is 0 Å². The summed E-state index contributed by atoms with van der Waals surface area (Å²) in [5, 5.41) is 15.4. The quantitative estimate of drug-likeness (QED) is 0.480.